The SMILES string of the molecule is Nc1cccc2c(Nc3ccc(F)c(F)c3)nccc12. The predicted octanol–water partition coefficient (Wildman–Crippen LogP) is 3.84. The van der Waals surface area contributed by atoms with Gasteiger partial charge in [-0.1, -0.05) is 12.1 Å². The van der Waals surface area contributed by atoms with Gasteiger partial charge in [-0.3, -0.25) is 0 Å². The maximum absolute atomic E-state index is 13.2. The molecule has 0 saturated carbocycles. The van der Waals surface area contributed by atoms with Crippen molar-refractivity contribution in [2.45, 2.75) is 0 Å². The molecule has 0 aliphatic carbocycles. The Bertz CT molecular complexity index is 787. The van der Waals surface area contributed by atoms with Crippen molar-refractivity contribution in [3.63, 3.8) is 0 Å². The molecule has 3 rings (SSSR count). The number of nitrogens with two attached hydrogens (primary N) is 1. The Morgan fingerprint density at radius 1 is 0.950 bits per heavy atom. The van der Waals surface area contributed by atoms with Crippen molar-refractivity contribution in [3.05, 3.63) is 60.3 Å². The smallest absolute Gasteiger partial charge is 0.160 e. The van der Waals surface area contributed by atoms with Gasteiger partial charge in [-0.15, -0.1) is 0 Å². The standard InChI is InChI=1S/C15H11F2N3/c16-12-5-4-9(8-13(12)17)20-15-11-2-1-3-14(18)10(11)6-7-19-15/h1-8H,18H2,(H,19,20). The molecule has 0 saturated heterocycles. The van der Waals surface area contributed by atoms with Crippen LogP contribution in [0.15, 0.2) is 48.7 Å². The third-order valence-electron chi connectivity index (χ3n) is 3.02. The summed E-state index contributed by atoms with van der Waals surface area (Å²) in [7, 11) is 0. The highest BCUT2D eigenvalue weighted by Gasteiger charge is 2.07. The second-order valence-corrected chi connectivity index (χ2v) is 4.36. The first-order valence-corrected chi connectivity index (χ1v) is 6.00. The molecule has 1 heterocycles. The summed E-state index contributed by atoms with van der Waals surface area (Å²) in [5.74, 6) is -1.25. The molecule has 0 aliphatic rings. The van der Waals surface area contributed by atoms with E-state index in [-0.39, 0.29) is 0 Å². The number of nitrogens with zero attached hydrogens (tertiary/aromatic N) is 1. The maximum Gasteiger partial charge on any atom is 0.160 e. The number of hydrogen-bond donors (Lipinski definition) is 2. The van der Waals surface area contributed by atoms with Gasteiger partial charge in [-0.25, -0.2) is 13.8 Å². The van der Waals surface area contributed by atoms with E-state index in [9.17, 15) is 8.78 Å². The van der Waals surface area contributed by atoms with Crippen molar-refractivity contribution < 1.29 is 8.78 Å². The minimum atomic E-state index is -0.908. The van der Waals surface area contributed by atoms with E-state index in [2.05, 4.69) is 10.3 Å². The molecule has 3 aromatic rings. The fourth-order valence-corrected chi connectivity index (χ4v) is 2.04. The topological polar surface area (TPSA) is 50.9 Å². The molecule has 0 spiro atoms. The van der Waals surface area contributed by atoms with Crippen molar-refractivity contribution in [1.29, 1.82) is 0 Å². The van der Waals surface area contributed by atoms with Gasteiger partial charge in [0.2, 0.25) is 0 Å². The van der Waals surface area contributed by atoms with Crippen LogP contribution in [0.25, 0.3) is 10.8 Å². The van der Waals surface area contributed by atoms with E-state index in [4.69, 9.17) is 5.73 Å². The zero-order chi connectivity index (χ0) is 14.1. The highest BCUT2D eigenvalue weighted by Crippen LogP contribution is 2.28. The fourth-order valence-electron chi connectivity index (χ4n) is 2.04. The van der Waals surface area contributed by atoms with E-state index in [0.717, 1.165) is 22.9 Å². The van der Waals surface area contributed by atoms with Crippen LogP contribution >= 0.6 is 0 Å². The normalized spacial score (nSPS) is 10.7. The largest absolute Gasteiger partial charge is 0.398 e. The molecule has 3 N–H and O–H groups in total. The lowest BCUT2D eigenvalue weighted by Gasteiger charge is -2.10. The monoisotopic (exact) mass is 271 g/mol. The lowest BCUT2D eigenvalue weighted by atomic mass is 10.1. The van der Waals surface area contributed by atoms with Crippen molar-refractivity contribution in [2.24, 2.45) is 0 Å². The van der Waals surface area contributed by atoms with Crippen molar-refractivity contribution in [3.8, 4) is 0 Å². The van der Waals surface area contributed by atoms with Crippen molar-refractivity contribution in [2.75, 3.05) is 11.1 Å². The Balaban J connectivity index is 2.06. The Kier molecular flexibility index (Phi) is 2.95. The number of anilines is 3. The summed E-state index contributed by atoms with van der Waals surface area (Å²) in [5.41, 5.74) is 6.96. The van der Waals surface area contributed by atoms with Gasteiger partial charge in [0, 0.05) is 34.4 Å². The van der Waals surface area contributed by atoms with Crippen LogP contribution in [-0.4, -0.2) is 4.98 Å². The van der Waals surface area contributed by atoms with Gasteiger partial charge in [0.25, 0.3) is 0 Å². The van der Waals surface area contributed by atoms with E-state index in [1.807, 2.05) is 12.1 Å². The Hall–Kier alpha value is -2.69. The van der Waals surface area contributed by atoms with Crippen LogP contribution < -0.4 is 11.1 Å². The van der Waals surface area contributed by atoms with Crippen LogP contribution in [0.3, 0.4) is 0 Å². The molecule has 0 amide bonds. The number of pyridine rings is 1. The second-order valence-electron chi connectivity index (χ2n) is 4.36. The van der Waals surface area contributed by atoms with Gasteiger partial charge in [-0.2, -0.15) is 0 Å². The molecule has 2 aromatic carbocycles. The molecular weight excluding hydrogens is 260 g/mol. The molecular formula is C15H11F2N3. The number of hydrogen-bond acceptors (Lipinski definition) is 3. The zero-order valence-electron chi connectivity index (χ0n) is 10.4. The summed E-state index contributed by atoms with van der Waals surface area (Å²) in [6.07, 6.45) is 1.61. The van der Waals surface area contributed by atoms with Crippen LogP contribution in [0, 0.1) is 11.6 Å². The van der Waals surface area contributed by atoms with E-state index in [1.54, 1.807) is 18.3 Å². The highest BCUT2D eigenvalue weighted by molar-refractivity contribution is 5.99. The van der Waals surface area contributed by atoms with Crippen LogP contribution in [0.4, 0.5) is 26.0 Å². The third kappa shape index (κ3) is 2.14. The fraction of sp³-hybridized carbons (Fsp3) is 0. The van der Waals surface area contributed by atoms with Gasteiger partial charge in [-0.05, 0) is 24.3 Å². The number of nitrogens with one attached hydrogen (secondary N) is 1. The van der Waals surface area contributed by atoms with Gasteiger partial charge in [0.05, 0.1) is 0 Å². The number of aromatic nitrogens is 1. The highest BCUT2D eigenvalue weighted by atomic mass is 19.2. The number of nitrogen functional groups attached to an aromatic ring is 1. The van der Waals surface area contributed by atoms with E-state index < -0.39 is 11.6 Å². The van der Waals surface area contributed by atoms with Crippen LogP contribution in [0.1, 0.15) is 0 Å². The third-order valence-corrected chi connectivity index (χ3v) is 3.02. The second kappa shape index (κ2) is 4.77. The van der Waals surface area contributed by atoms with Gasteiger partial charge < -0.3 is 11.1 Å². The summed E-state index contributed by atoms with van der Waals surface area (Å²) in [4.78, 5) is 4.21. The van der Waals surface area contributed by atoms with Crippen LogP contribution in [0.5, 0.6) is 0 Å². The lowest BCUT2D eigenvalue weighted by molar-refractivity contribution is 0.509. The average molecular weight is 271 g/mol. The Morgan fingerprint density at radius 3 is 2.60 bits per heavy atom. The summed E-state index contributed by atoms with van der Waals surface area (Å²) in [6, 6.07) is 10.9. The molecule has 1 aromatic heterocycles. The van der Waals surface area contributed by atoms with E-state index >= 15 is 0 Å². The predicted molar refractivity (Wildman–Crippen MR) is 75.8 cm³/mol. The van der Waals surface area contributed by atoms with Crippen molar-refractivity contribution >= 4 is 28.0 Å². The summed E-state index contributed by atoms with van der Waals surface area (Å²) in [6.45, 7) is 0. The molecule has 0 bridgehead atoms. The van der Waals surface area contributed by atoms with Gasteiger partial charge in [0.1, 0.15) is 5.82 Å². The summed E-state index contributed by atoms with van der Waals surface area (Å²) < 4.78 is 26.1. The first-order chi connectivity index (χ1) is 9.65. The molecule has 20 heavy (non-hydrogen) atoms. The Morgan fingerprint density at radius 2 is 1.80 bits per heavy atom. The number of benzene rings is 2. The number of rotatable bonds is 2. The summed E-state index contributed by atoms with van der Waals surface area (Å²) in [5, 5.41) is 4.64. The Labute approximate surface area is 114 Å². The molecule has 0 atom stereocenters. The molecule has 0 fully saturated rings. The molecule has 0 aliphatic heterocycles. The minimum absolute atomic E-state index is 0.423. The minimum Gasteiger partial charge on any atom is -0.398 e. The van der Waals surface area contributed by atoms with Crippen molar-refractivity contribution in [1.82, 2.24) is 4.98 Å². The number of fused-ring (bicyclic) bond motifs is 1. The molecule has 100 valence electrons. The molecule has 3 nitrogen and oxygen atoms in total. The zero-order valence-corrected chi connectivity index (χ0v) is 10.4. The number of halogens is 2. The molecule has 0 radical (unpaired) electrons. The van der Waals surface area contributed by atoms with Crippen LogP contribution in [-0.2, 0) is 0 Å². The van der Waals surface area contributed by atoms with Gasteiger partial charge in [0.15, 0.2) is 11.6 Å². The first kappa shape index (κ1) is 12.3. The maximum atomic E-state index is 13.2. The molecule has 0 unspecified atom stereocenters. The van der Waals surface area contributed by atoms with Crippen LogP contribution in [0.2, 0.25) is 0 Å². The molecule has 5 heteroatoms. The van der Waals surface area contributed by atoms with E-state index in [1.165, 1.54) is 6.07 Å². The lowest BCUT2D eigenvalue weighted by Crippen LogP contribution is -1.97. The summed E-state index contributed by atoms with van der Waals surface area (Å²) >= 11 is 0. The quantitative estimate of drug-likeness (QED) is 0.696. The first-order valence-electron chi connectivity index (χ1n) is 6.00. The van der Waals surface area contributed by atoms with E-state index in [0.29, 0.717) is 17.2 Å². The van der Waals surface area contributed by atoms with Gasteiger partial charge >= 0.3 is 0 Å². The average Bonchev–Trinajstić information content (AvgIpc) is 2.44.